The highest BCUT2D eigenvalue weighted by Gasteiger charge is 2.34. The van der Waals surface area contributed by atoms with Crippen LogP contribution >= 0.6 is 23.2 Å². The van der Waals surface area contributed by atoms with Crippen LogP contribution in [0.5, 0.6) is 5.75 Å². The predicted octanol–water partition coefficient (Wildman–Crippen LogP) is 4.51. The Balaban J connectivity index is 1.40. The van der Waals surface area contributed by atoms with Gasteiger partial charge in [0, 0.05) is 22.8 Å². The smallest absolute Gasteiger partial charge is 0.435 e. The van der Waals surface area contributed by atoms with E-state index in [9.17, 15) is 18.0 Å². The van der Waals surface area contributed by atoms with Gasteiger partial charge < -0.3 is 20.7 Å². The number of urea groups is 1. The first-order valence-corrected chi connectivity index (χ1v) is 11.8. The summed E-state index contributed by atoms with van der Waals surface area (Å²) in [4.78, 5) is 22.9. The molecule has 14 heteroatoms. The van der Waals surface area contributed by atoms with Gasteiger partial charge >= 0.3 is 12.2 Å². The van der Waals surface area contributed by atoms with Gasteiger partial charge in [-0.25, -0.2) is 14.8 Å². The second kappa shape index (κ2) is 9.32. The number of carbonyl (C=O) groups excluding carboxylic acids is 1. The summed E-state index contributed by atoms with van der Waals surface area (Å²) in [6, 6.07) is 3.94. The minimum atomic E-state index is -4.53. The number of ether oxygens (including phenoxy) is 1. The van der Waals surface area contributed by atoms with E-state index < -0.39 is 11.9 Å². The zero-order valence-corrected chi connectivity index (χ0v) is 20.2. The highest BCUT2D eigenvalue weighted by atomic mass is 35.5. The van der Waals surface area contributed by atoms with Crippen LogP contribution in [-0.2, 0) is 25.8 Å². The molecular weight excluding hydrogens is 522 g/mol. The van der Waals surface area contributed by atoms with Crippen LogP contribution in [0, 0.1) is 0 Å². The second-order valence-corrected chi connectivity index (χ2v) is 9.35. The molecule has 2 aliphatic rings. The third-order valence-corrected chi connectivity index (χ3v) is 6.27. The molecule has 1 aromatic carbocycles. The summed E-state index contributed by atoms with van der Waals surface area (Å²) >= 11 is 12.7. The molecule has 0 atom stereocenters. The molecule has 0 bridgehead atoms. The van der Waals surface area contributed by atoms with E-state index in [1.54, 1.807) is 4.90 Å². The van der Waals surface area contributed by atoms with Crippen molar-refractivity contribution in [2.75, 3.05) is 12.3 Å². The van der Waals surface area contributed by atoms with Crippen molar-refractivity contribution in [3.8, 4) is 17.0 Å². The zero-order chi connectivity index (χ0) is 25.6. The number of hydrogen-bond acceptors (Lipinski definition) is 6. The monoisotopic (exact) mass is 541 g/mol. The topological polar surface area (TPSA) is 111 Å². The van der Waals surface area contributed by atoms with Gasteiger partial charge in [0.1, 0.15) is 12.4 Å². The molecule has 9 nitrogen and oxygen atoms in total. The molecule has 0 unspecified atom stereocenters. The molecule has 3 heterocycles. The summed E-state index contributed by atoms with van der Waals surface area (Å²) in [5, 5.41) is 6.99. The molecule has 0 radical (unpaired) electrons. The van der Waals surface area contributed by atoms with Crippen LogP contribution < -0.4 is 15.8 Å². The number of hydrogen-bond donors (Lipinski definition) is 2. The molecule has 2 amide bonds. The van der Waals surface area contributed by atoms with E-state index in [4.69, 9.17) is 33.7 Å². The Hall–Kier alpha value is -3.25. The van der Waals surface area contributed by atoms with Gasteiger partial charge in [0.25, 0.3) is 0 Å². The van der Waals surface area contributed by atoms with Crippen LogP contribution in [0.15, 0.2) is 24.4 Å². The van der Waals surface area contributed by atoms with E-state index in [0.717, 1.165) is 23.6 Å². The lowest BCUT2D eigenvalue weighted by Gasteiger charge is -2.17. The maximum atomic E-state index is 12.8. The molecule has 1 aliphatic heterocycles. The third-order valence-electron chi connectivity index (χ3n) is 5.76. The van der Waals surface area contributed by atoms with Crippen LogP contribution in [0.4, 0.5) is 23.9 Å². The normalized spacial score (nSPS) is 15.2. The average Bonchev–Trinajstić information content (AvgIpc) is 3.28. The lowest BCUT2D eigenvalue weighted by atomic mass is 10.0. The molecule has 0 saturated heterocycles. The largest absolute Gasteiger partial charge is 0.491 e. The Labute approximate surface area is 213 Å². The molecule has 190 valence electrons. The van der Waals surface area contributed by atoms with Crippen molar-refractivity contribution in [2.24, 2.45) is 0 Å². The molecular formula is C22H20Cl2F3N7O2. The number of benzene rings is 1. The number of nitrogen functional groups attached to an aromatic ring is 1. The Bertz CT molecular complexity index is 1330. The number of nitrogens with zero attached hydrogens (tertiary/aromatic N) is 5. The summed E-state index contributed by atoms with van der Waals surface area (Å²) in [6.45, 7) is 0.519. The number of nitrogens with one attached hydrogen (secondary N) is 1. The lowest BCUT2D eigenvalue weighted by Crippen LogP contribution is -2.37. The summed E-state index contributed by atoms with van der Waals surface area (Å²) in [5.41, 5.74) is 7.04. The first kappa shape index (κ1) is 24.4. The van der Waals surface area contributed by atoms with Crippen molar-refractivity contribution >= 4 is 35.2 Å². The molecule has 1 aliphatic carbocycles. The van der Waals surface area contributed by atoms with E-state index in [1.165, 1.54) is 18.3 Å². The highest BCUT2D eigenvalue weighted by molar-refractivity contribution is 6.37. The van der Waals surface area contributed by atoms with Crippen LogP contribution in [0.25, 0.3) is 11.3 Å². The van der Waals surface area contributed by atoms with Gasteiger partial charge in [-0.3, -0.25) is 4.68 Å². The Morgan fingerprint density at radius 1 is 1.22 bits per heavy atom. The van der Waals surface area contributed by atoms with Gasteiger partial charge in [-0.15, -0.1) is 0 Å². The Morgan fingerprint density at radius 2 is 2.00 bits per heavy atom. The van der Waals surface area contributed by atoms with Crippen LogP contribution in [0.2, 0.25) is 10.0 Å². The van der Waals surface area contributed by atoms with Gasteiger partial charge in [0.15, 0.2) is 5.69 Å². The Morgan fingerprint density at radius 3 is 2.69 bits per heavy atom. The Kier molecular flexibility index (Phi) is 6.33. The van der Waals surface area contributed by atoms with Crippen LogP contribution in [0.3, 0.4) is 0 Å². The maximum Gasteiger partial charge on any atom is 0.435 e. The standard InChI is InChI=1S/C22H20Cl2F3N7O2/c23-11-7-14(24)18(16(8-11)36-6-5-34-4-3-17(32-34)22(25,26)27)19-13-9-33(21(35)29-12-1-2-12)10-15(13)30-20(28)31-19/h3-4,7-8,12H,1-2,5-6,9-10H2,(H,29,35)(H2,28,30,31). The predicted molar refractivity (Wildman–Crippen MR) is 125 cm³/mol. The van der Waals surface area contributed by atoms with Gasteiger partial charge in [-0.2, -0.15) is 18.3 Å². The fourth-order valence-corrected chi connectivity index (χ4v) is 4.46. The first-order valence-electron chi connectivity index (χ1n) is 11.0. The number of rotatable bonds is 6. The number of anilines is 1. The van der Waals surface area contributed by atoms with E-state index in [-0.39, 0.29) is 55.0 Å². The minimum Gasteiger partial charge on any atom is -0.491 e. The number of fused-ring (bicyclic) bond motifs is 1. The zero-order valence-electron chi connectivity index (χ0n) is 18.6. The van der Waals surface area contributed by atoms with Crippen molar-refractivity contribution in [2.45, 2.75) is 44.7 Å². The molecule has 3 aromatic rings. The quantitative estimate of drug-likeness (QED) is 0.474. The van der Waals surface area contributed by atoms with E-state index in [2.05, 4.69) is 20.4 Å². The van der Waals surface area contributed by atoms with E-state index >= 15 is 0 Å². The van der Waals surface area contributed by atoms with Gasteiger partial charge in [0.2, 0.25) is 5.95 Å². The second-order valence-electron chi connectivity index (χ2n) is 8.51. The number of aromatic nitrogens is 4. The molecule has 1 fully saturated rings. The third kappa shape index (κ3) is 5.14. The molecule has 0 spiro atoms. The fraction of sp³-hybridized carbons (Fsp3) is 0.364. The molecule has 1 saturated carbocycles. The molecule has 36 heavy (non-hydrogen) atoms. The van der Waals surface area contributed by atoms with Gasteiger partial charge in [0.05, 0.1) is 41.6 Å². The van der Waals surface area contributed by atoms with Crippen molar-refractivity contribution in [3.63, 3.8) is 0 Å². The van der Waals surface area contributed by atoms with Crippen LogP contribution in [0.1, 0.15) is 29.8 Å². The number of halogens is 5. The SMILES string of the molecule is Nc1nc2c(c(-c3c(Cl)cc(Cl)cc3OCCn3ccc(C(F)(F)F)n3)n1)CN(C(=O)NC1CC1)C2. The minimum absolute atomic E-state index is 0.00129. The number of carbonyl (C=O) groups is 1. The van der Waals surface area contributed by atoms with E-state index in [0.29, 0.717) is 27.5 Å². The summed E-state index contributed by atoms with van der Waals surface area (Å²) in [6.07, 6.45) is -1.39. The summed E-state index contributed by atoms with van der Waals surface area (Å²) < 4.78 is 45.5. The van der Waals surface area contributed by atoms with Crippen molar-refractivity contribution in [1.82, 2.24) is 30.0 Å². The first-order chi connectivity index (χ1) is 17.1. The lowest BCUT2D eigenvalue weighted by molar-refractivity contribution is -0.141. The van der Waals surface area contributed by atoms with Crippen LogP contribution in [-0.4, -0.2) is 43.3 Å². The molecule has 5 rings (SSSR count). The number of nitrogens with two attached hydrogens (primary N) is 1. The molecule has 2 aromatic heterocycles. The highest BCUT2D eigenvalue weighted by Crippen LogP contribution is 2.42. The van der Waals surface area contributed by atoms with Crippen molar-refractivity contribution in [1.29, 1.82) is 0 Å². The van der Waals surface area contributed by atoms with Gasteiger partial charge in [-0.05, 0) is 31.0 Å². The van der Waals surface area contributed by atoms with Gasteiger partial charge in [-0.1, -0.05) is 23.2 Å². The number of amides is 2. The fourth-order valence-electron chi connectivity index (χ4n) is 3.90. The average molecular weight is 542 g/mol. The van der Waals surface area contributed by atoms with E-state index in [1.807, 2.05) is 0 Å². The number of alkyl halides is 3. The molecule has 3 N–H and O–H groups in total. The van der Waals surface area contributed by atoms with Crippen molar-refractivity contribution in [3.05, 3.63) is 51.4 Å². The maximum absolute atomic E-state index is 12.8. The summed E-state index contributed by atoms with van der Waals surface area (Å²) in [7, 11) is 0. The summed E-state index contributed by atoms with van der Waals surface area (Å²) in [5.74, 6) is 0.262. The van der Waals surface area contributed by atoms with Crippen molar-refractivity contribution < 1.29 is 22.7 Å².